The molecular formula is C15H16BrFN2S. The molecule has 0 radical (unpaired) electrons. The molecule has 1 atom stereocenters. The Hall–Kier alpha value is -0.750. The van der Waals surface area contributed by atoms with Crippen LogP contribution in [-0.2, 0) is 0 Å². The Morgan fingerprint density at radius 1 is 1.20 bits per heavy atom. The summed E-state index contributed by atoms with van der Waals surface area (Å²) in [4.78, 5) is 2.46. The predicted octanol–water partition coefficient (Wildman–Crippen LogP) is 3.64. The first kappa shape index (κ1) is 14.2. The summed E-state index contributed by atoms with van der Waals surface area (Å²) in [5.41, 5.74) is 2.42. The van der Waals surface area contributed by atoms with Gasteiger partial charge in [0.1, 0.15) is 5.82 Å². The van der Waals surface area contributed by atoms with Gasteiger partial charge in [-0.1, -0.05) is 6.07 Å². The van der Waals surface area contributed by atoms with Crippen molar-refractivity contribution in [2.24, 2.45) is 0 Å². The molecule has 2 aromatic rings. The lowest BCUT2D eigenvalue weighted by atomic mass is 9.99. The molecule has 0 bridgehead atoms. The summed E-state index contributed by atoms with van der Waals surface area (Å²) in [5, 5.41) is 7.66. The van der Waals surface area contributed by atoms with E-state index >= 15 is 0 Å². The fourth-order valence-electron chi connectivity index (χ4n) is 2.67. The molecule has 106 valence electrons. The maximum Gasteiger partial charge on any atom is 0.137 e. The van der Waals surface area contributed by atoms with Crippen LogP contribution in [0.3, 0.4) is 0 Å². The topological polar surface area (TPSA) is 15.3 Å². The van der Waals surface area contributed by atoms with Crippen LogP contribution in [0.2, 0.25) is 0 Å². The summed E-state index contributed by atoms with van der Waals surface area (Å²) in [7, 11) is 0. The maximum atomic E-state index is 13.5. The van der Waals surface area contributed by atoms with Gasteiger partial charge in [0.2, 0.25) is 0 Å². The lowest BCUT2D eigenvalue weighted by molar-refractivity contribution is 0.198. The Balaban J connectivity index is 1.98. The van der Waals surface area contributed by atoms with Crippen LogP contribution in [0.15, 0.2) is 39.5 Å². The van der Waals surface area contributed by atoms with Crippen molar-refractivity contribution in [2.45, 2.75) is 6.04 Å². The monoisotopic (exact) mass is 354 g/mol. The van der Waals surface area contributed by atoms with E-state index in [0.717, 1.165) is 31.7 Å². The summed E-state index contributed by atoms with van der Waals surface area (Å²) < 4.78 is 14.0. The van der Waals surface area contributed by atoms with E-state index in [2.05, 4.69) is 43.0 Å². The first-order valence-electron chi connectivity index (χ1n) is 6.67. The van der Waals surface area contributed by atoms with Crippen molar-refractivity contribution in [1.82, 2.24) is 10.2 Å². The van der Waals surface area contributed by atoms with Gasteiger partial charge in [-0.3, -0.25) is 4.90 Å². The van der Waals surface area contributed by atoms with Gasteiger partial charge < -0.3 is 5.32 Å². The smallest absolute Gasteiger partial charge is 0.137 e. The zero-order valence-electron chi connectivity index (χ0n) is 11.0. The number of nitrogens with zero attached hydrogens (tertiary/aromatic N) is 1. The van der Waals surface area contributed by atoms with Crippen LogP contribution in [0.5, 0.6) is 0 Å². The highest BCUT2D eigenvalue weighted by Crippen LogP contribution is 2.32. The van der Waals surface area contributed by atoms with Gasteiger partial charge in [-0.05, 0) is 56.0 Å². The van der Waals surface area contributed by atoms with Gasteiger partial charge in [0.25, 0.3) is 0 Å². The van der Waals surface area contributed by atoms with Gasteiger partial charge in [0, 0.05) is 26.2 Å². The van der Waals surface area contributed by atoms with Gasteiger partial charge in [-0.25, -0.2) is 4.39 Å². The summed E-state index contributed by atoms with van der Waals surface area (Å²) >= 11 is 5.00. The lowest BCUT2D eigenvalue weighted by Gasteiger charge is -2.35. The van der Waals surface area contributed by atoms with Crippen LogP contribution in [0, 0.1) is 5.82 Å². The van der Waals surface area contributed by atoms with E-state index in [1.165, 1.54) is 5.56 Å². The number of nitrogens with one attached hydrogen (secondary N) is 1. The number of rotatable bonds is 3. The van der Waals surface area contributed by atoms with E-state index in [-0.39, 0.29) is 11.9 Å². The molecule has 2 heterocycles. The number of thiophene rings is 1. The Morgan fingerprint density at radius 2 is 2.00 bits per heavy atom. The van der Waals surface area contributed by atoms with E-state index in [9.17, 15) is 4.39 Å². The van der Waals surface area contributed by atoms with Crippen molar-refractivity contribution in [2.75, 3.05) is 26.2 Å². The lowest BCUT2D eigenvalue weighted by Crippen LogP contribution is -2.45. The zero-order chi connectivity index (χ0) is 13.9. The van der Waals surface area contributed by atoms with Crippen LogP contribution in [0.25, 0.3) is 0 Å². The molecule has 1 aromatic heterocycles. The number of benzene rings is 1. The van der Waals surface area contributed by atoms with E-state index in [4.69, 9.17) is 0 Å². The Morgan fingerprint density at radius 3 is 2.65 bits per heavy atom. The van der Waals surface area contributed by atoms with Gasteiger partial charge in [-0.2, -0.15) is 11.3 Å². The highest BCUT2D eigenvalue weighted by atomic mass is 79.9. The van der Waals surface area contributed by atoms with Crippen molar-refractivity contribution < 1.29 is 4.39 Å². The Kier molecular flexibility index (Phi) is 4.51. The molecule has 1 fully saturated rings. The van der Waals surface area contributed by atoms with Gasteiger partial charge in [0.15, 0.2) is 0 Å². The average Bonchev–Trinajstić information content (AvgIpc) is 2.98. The highest BCUT2D eigenvalue weighted by Gasteiger charge is 2.24. The molecule has 1 aromatic carbocycles. The number of hydrogen-bond donors (Lipinski definition) is 1. The van der Waals surface area contributed by atoms with Gasteiger partial charge in [-0.15, -0.1) is 0 Å². The molecule has 1 N–H and O–H groups in total. The SMILES string of the molecule is Fc1ccc([C@@H](c2ccsc2)N2CCNCC2)cc1Br. The summed E-state index contributed by atoms with van der Waals surface area (Å²) in [6, 6.07) is 7.71. The third kappa shape index (κ3) is 2.96. The van der Waals surface area contributed by atoms with Crippen LogP contribution in [-0.4, -0.2) is 31.1 Å². The van der Waals surface area contributed by atoms with Gasteiger partial charge >= 0.3 is 0 Å². The Labute approximate surface area is 130 Å². The van der Waals surface area contributed by atoms with E-state index in [0.29, 0.717) is 4.47 Å². The second kappa shape index (κ2) is 6.35. The molecular weight excluding hydrogens is 339 g/mol. The second-order valence-corrected chi connectivity index (χ2v) is 6.55. The number of hydrogen-bond acceptors (Lipinski definition) is 3. The molecule has 2 nitrogen and oxygen atoms in total. The minimum Gasteiger partial charge on any atom is -0.314 e. The largest absolute Gasteiger partial charge is 0.314 e. The molecule has 0 amide bonds. The molecule has 3 rings (SSSR count). The Bertz CT molecular complexity index is 567. The maximum absolute atomic E-state index is 13.5. The van der Waals surface area contributed by atoms with Gasteiger partial charge in [0.05, 0.1) is 10.5 Å². The quantitative estimate of drug-likeness (QED) is 0.904. The molecule has 0 aliphatic carbocycles. The van der Waals surface area contributed by atoms with Crippen molar-refractivity contribution in [3.63, 3.8) is 0 Å². The van der Waals surface area contributed by atoms with E-state index in [1.54, 1.807) is 17.4 Å². The van der Waals surface area contributed by atoms with Crippen molar-refractivity contribution in [3.05, 3.63) is 56.4 Å². The van der Waals surface area contributed by atoms with E-state index < -0.39 is 0 Å². The standard InChI is InChI=1S/C15H16BrFN2S/c16-13-9-11(1-2-14(13)17)15(12-3-8-20-10-12)19-6-4-18-5-7-19/h1-3,8-10,15,18H,4-7H2/t15-/m0/s1. The molecule has 0 unspecified atom stereocenters. The predicted molar refractivity (Wildman–Crippen MR) is 84.7 cm³/mol. The normalized spacial score (nSPS) is 18.1. The molecule has 0 spiro atoms. The molecule has 20 heavy (non-hydrogen) atoms. The average molecular weight is 355 g/mol. The molecule has 1 aliphatic rings. The fraction of sp³-hybridized carbons (Fsp3) is 0.333. The van der Waals surface area contributed by atoms with Crippen molar-refractivity contribution in [3.8, 4) is 0 Å². The first-order chi connectivity index (χ1) is 9.75. The summed E-state index contributed by atoms with van der Waals surface area (Å²) in [5.74, 6) is -0.210. The molecule has 0 saturated carbocycles. The number of halogens is 2. The fourth-order valence-corrected chi connectivity index (χ4v) is 3.74. The highest BCUT2D eigenvalue weighted by molar-refractivity contribution is 9.10. The minimum absolute atomic E-state index is 0.209. The van der Waals surface area contributed by atoms with Crippen molar-refractivity contribution in [1.29, 1.82) is 0 Å². The van der Waals surface area contributed by atoms with E-state index in [1.807, 2.05) is 12.1 Å². The molecule has 1 aliphatic heterocycles. The molecule has 1 saturated heterocycles. The zero-order valence-corrected chi connectivity index (χ0v) is 13.4. The van der Waals surface area contributed by atoms with Crippen LogP contribution >= 0.6 is 27.3 Å². The van der Waals surface area contributed by atoms with Crippen LogP contribution in [0.4, 0.5) is 4.39 Å². The third-order valence-corrected chi connectivity index (χ3v) is 4.94. The minimum atomic E-state index is -0.210. The first-order valence-corrected chi connectivity index (χ1v) is 8.41. The molecule has 5 heteroatoms. The van der Waals surface area contributed by atoms with Crippen LogP contribution < -0.4 is 5.32 Å². The number of piperazine rings is 1. The summed E-state index contributed by atoms with van der Waals surface area (Å²) in [6.07, 6.45) is 0. The summed E-state index contributed by atoms with van der Waals surface area (Å²) in [6.45, 7) is 4.02. The van der Waals surface area contributed by atoms with Crippen molar-refractivity contribution >= 4 is 27.3 Å². The third-order valence-electron chi connectivity index (χ3n) is 3.64. The second-order valence-electron chi connectivity index (χ2n) is 4.92. The van der Waals surface area contributed by atoms with Crippen LogP contribution in [0.1, 0.15) is 17.2 Å².